The molecule has 5 nitrogen and oxygen atoms in total. The average Bonchev–Trinajstić information content (AvgIpc) is 2.43. The second kappa shape index (κ2) is 5.73. The van der Waals surface area contributed by atoms with Crippen LogP contribution in [0.15, 0.2) is 24.3 Å². The molecule has 0 saturated carbocycles. The first-order valence-electron chi connectivity index (χ1n) is 6.16. The number of fused-ring (bicyclic) bond motifs is 1. The molecule has 0 amide bonds. The van der Waals surface area contributed by atoms with Crippen LogP contribution in [0.25, 0.3) is 0 Å². The normalized spacial score (nSPS) is 18.9. The quantitative estimate of drug-likeness (QED) is 0.663. The van der Waals surface area contributed by atoms with Crippen LogP contribution in [-0.2, 0) is 14.3 Å². The summed E-state index contributed by atoms with van der Waals surface area (Å²) >= 11 is 0. The van der Waals surface area contributed by atoms with Crippen molar-refractivity contribution >= 4 is 11.9 Å². The number of aliphatic carboxylic acids is 1. The summed E-state index contributed by atoms with van der Waals surface area (Å²) in [6.45, 7) is 0.537. The first kappa shape index (κ1) is 13.4. The number of carboxylic acid groups (broad SMARTS) is 1. The fourth-order valence-electron chi connectivity index (χ4n) is 2.39. The van der Waals surface area contributed by atoms with Crippen molar-refractivity contribution in [3.05, 3.63) is 29.8 Å². The van der Waals surface area contributed by atoms with Crippen LogP contribution < -0.4 is 4.74 Å². The highest BCUT2D eigenvalue weighted by Crippen LogP contribution is 2.37. The smallest absolute Gasteiger partial charge is 0.320 e. The predicted octanol–water partition coefficient (Wildman–Crippen LogP) is 1.82. The van der Waals surface area contributed by atoms with Gasteiger partial charge in [0.15, 0.2) is 5.92 Å². The molecule has 0 radical (unpaired) electrons. The molecule has 0 aliphatic carbocycles. The van der Waals surface area contributed by atoms with E-state index in [0.717, 1.165) is 11.3 Å². The number of para-hydroxylation sites is 1. The maximum absolute atomic E-state index is 11.5. The Hall–Kier alpha value is -2.04. The lowest BCUT2D eigenvalue weighted by atomic mass is 9.85. The molecule has 1 heterocycles. The van der Waals surface area contributed by atoms with E-state index in [4.69, 9.17) is 9.84 Å². The summed E-state index contributed by atoms with van der Waals surface area (Å²) in [7, 11) is 1.20. The largest absolute Gasteiger partial charge is 0.493 e. The van der Waals surface area contributed by atoms with E-state index in [-0.39, 0.29) is 12.3 Å². The summed E-state index contributed by atoms with van der Waals surface area (Å²) in [4.78, 5) is 22.7. The molecule has 0 bridgehead atoms. The highest BCUT2D eigenvalue weighted by Gasteiger charge is 2.33. The first-order valence-corrected chi connectivity index (χ1v) is 6.16. The summed E-state index contributed by atoms with van der Waals surface area (Å²) in [5.74, 6) is -2.19. The van der Waals surface area contributed by atoms with Gasteiger partial charge < -0.3 is 14.6 Å². The summed E-state index contributed by atoms with van der Waals surface area (Å²) in [6.07, 6.45) is 0.945. The molecule has 2 unspecified atom stereocenters. The molecule has 0 aromatic heterocycles. The molecular weight excluding hydrogens is 248 g/mol. The molecule has 2 rings (SSSR count). The van der Waals surface area contributed by atoms with Crippen LogP contribution >= 0.6 is 0 Å². The van der Waals surface area contributed by atoms with Gasteiger partial charge in [-0.1, -0.05) is 18.2 Å². The van der Waals surface area contributed by atoms with Crippen molar-refractivity contribution in [1.82, 2.24) is 0 Å². The second-order valence-electron chi connectivity index (χ2n) is 4.52. The van der Waals surface area contributed by atoms with Gasteiger partial charge >= 0.3 is 11.9 Å². The first-order chi connectivity index (χ1) is 9.13. The third kappa shape index (κ3) is 2.86. The maximum atomic E-state index is 11.5. The highest BCUT2D eigenvalue weighted by molar-refractivity contribution is 5.93. The van der Waals surface area contributed by atoms with Gasteiger partial charge in [-0.3, -0.25) is 9.59 Å². The minimum Gasteiger partial charge on any atom is -0.493 e. The Morgan fingerprint density at radius 1 is 1.47 bits per heavy atom. The van der Waals surface area contributed by atoms with Gasteiger partial charge in [0.05, 0.1) is 13.7 Å². The predicted molar refractivity (Wildman–Crippen MR) is 67.1 cm³/mol. The molecule has 0 fully saturated rings. The Morgan fingerprint density at radius 2 is 2.21 bits per heavy atom. The molecule has 1 N–H and O–H groups in total. The molecule has 0 saturated heterocycles. The van der Waals surface area contributed by atoms with E-state index in [9.17, 15) is 9.59 Å². The van der Waals surface area contributed by atoms with Crippen LogP contribution in [0.2, 0.25) is 0 Å². The van der Waals surface area contributed by atoms with Crippen molar-refractivity contribution in [1.29, 1.82) is 0 Å². The lowest BCUT2D eigenvalue weighted by Gasteiger charge is -2.27. The van der Waals surface area contributed by atoms with Crippen molar-refractivity contribution in [3.63, 3.8) is 0 Å². The number of hydrogen-bond acceptors (Lipinski definition) is 4. The van der Waals surface area contributed by atoms with Gasteiger partial charge in [-0.2, -0.15) is 0 Å². The van der Waals surface area contributed by atoms with Crippen molar-refractivity contribution < 1.29 is 24.2 Å². The van der Waals surface area contributed by atoms with Crippen LogP contribution in [0.3, 0.4) is 0 Å². The number of rotatable bonds is 4. The number of carboxylic acids is 1. The molecule has 5 heteroatoms. The third-order valence-electron chi connectivity index (χ3n) is 3.39. The topological polar surface area (TPSA) is 72.8 Å². The minimum atomic E-state index is -1.14. The molecule has 19 heavy (non-hydrogen) atoms. The third-order valence-corrected chi connectivity index (χ3v) is 3.39. The Balaban J connectivity index is 2.19. The summed E-state index contributed by atoms with van der Waals surface area (Å²) in [6, 6.07) is 7.52. The van der Waals surface area contributed by atoms with Gasteiger partial charge in [0.1, 0.15) is 5.75 Å². The van der Waals surface area contributed by atoms with Crippen LogP contribution in [-0.4, -0.2) is 30.8 Å². The second-order valence-corrected chi connectivity index (χ2v) is 4.52. The van der Waals surface area contributed by atoms with Gasteiger partial charge in [0.25, 0.3) is 0 Å². The molecule has 1 aliphatic rings. The van der Waals surface area contributed by atoms with Crippen LogP contribution in [0.5, 0.6) is 5.75 Å². The van der Waals surface area contributed by atoms with E-state index in [1.54, 1.807) is 0 Å². The number of benzene rings is 1. The standard InChI is InChI=1S/C14H16O5/c1-18-14(17)11(13(15)16)8-9-6-7-19-12-5-3-2-4-10(9)12/h2-5,9,11H,6-8H2,1H3,(H,15,16). The minimum absolute atomic E-state index is 0.00477. The van der Waals surface area contributed by atoms with Crippen LogP contribution in [0.4, 0.5) is 0 Å². The van der Waals surface area contributed by atoms with E-state index in [1.165, 1.54) is 7.11 Å². The van der Waals surface area contributed by atoms with Crippen LogP contribution in [0.1, 0.15) is 24.3 Å². The fourth-order valence-corrected chi connectivity index (χ4v) is 2.39. The molecule has 2 atom stereocenters. The fraction of sp³-hybridized carbons (Fsp3) is 0.429. The maximum Gasteiger partial charge on any atom is 0.320 e. The Bertz CT molecular complexity index is 482. The van der Waals surface area contributed by atoms with Crippen molar-refractivity contribution in [2.24, 2.45) is 5.92 Å². The summed E-state index contributed by atoms with van der Waals surface area (Å²) < 4.78 is 10.1. The zero-order valence-corrected chi connectivity index (χ0v) is 10.7. The van der Waals surface area contributed by atoms with Gasteiger partial charge in [0.2, 0.25) is 0 Å². The lowest BCUT2D eigenvalue weighted by molar-refractivity contribution is -0.157. The number of carbonyl (C=O) groups excluding carboxylic acids is 1. The number of hydrogen-bond donors (Lipinski definition) is 1. The van der Waals surface area contributed by atoms with Gasteiger partial charge in [0, 0.05) is 0 Å². The molecule has 1 aliphatic heterocycles. The van der Waals surface area contributed by atoms with E-state index < -0.39 is 17.9 Å². The molecule has 102 valence electrons. The lowest BCUT2D eigenvalue weighted by Crippen LogP contribution is -2.28. The number of ether oxygens (including phenoxy) is 2. The Labute approximate surface area is 111 Å². The summed E-state index contributed by atoms with van der Waals surface area (Å²) in [5, 5.41) is 9.12. The van der Waals surface area contributed by atoms with Crippen LogP contribution in [0, 0.1) is 5.92 Å². The van der Waals surface area contributed by atoms with E-state index >= 15 is 0 Å². The zero-order valence-electron chi connectivity index (χ0n) is 10.7. The Kier molecular flexibility index (Phi) is 4.04. The molecular formula is C14H16O5. The van der Waals surface area contributed by atoms with E-state index in [1.807, 2.05) is 24.3 Å². The van der Waals surface area contributed by atoms with Gasteiger partial charge in [-0.15, -0.1) is 0 Å². The monoisotopic (exact) mass is 264 g/mol. The molecule has 1 aromatic carbocycles. The molecule has 0 spiro atoms. The zero-order chi connectivity index (χ0) is 13.8. The van der Waals surface area contributed by atoms with E-state index in [2.05, 4.69) is 4.74 Å². The number of methoxy groups -OCH3 is 1. The number of carbonyl (C=O) groups is 2. The van der Waals surface area contributed by atoms with Crippen molar-refractivity contribution in [2.45, 2.75) is 18.8 Å². The van der Waals surface area contributed by atoms with Crippen molar-refractivity contribution in [2.75, 3.05) is 13.7 Å². The highest BCUT2D eigenvalue weighted by atomic mass is 16.5. The van der Waals surface area contributed by atoms with Crippen molar-refractivity contribution in [3.8, 4) is 5.75 Å². The average molecular weight is 264 g/mol. The SMILES string of the molecule is COC(=O)C(CC1CCOc2ccccc21)C(=O)O. The number of esters is 1. The Morgan fingerprint density at radius 3 is 2.89 bits per heavy atom. The summed E-state index contributed by atoms with van der Waals surface area (Å²) in [5.41, 5.74) is 0.962. The van der Waals surface area contributed by atoms with E-state index in [0.29, 0.717) is 13.0 Å². The van der Waals surface area contributed by atoms with Gasteiger partial charge in [-0.05, 0) is 30.4 Å². The molecule has 1 aromatic rings. The van der Waals surface area contributed by atoms with Gasteiger partial charge in [-0.25, -0.2) is 0 Å².